The van der Waals surface area contributed by atoms with Crippen molar-refractivity contribution in [3.8, 4) is 0 Å². The first-order valence-electron chi connectivity index (χ1n) is 10.7. The zero-order valence-corrected chi connectivity index (χ0v) is 20.8. The van der Waals surface area contributed by atoms with E-state index in [2.05, 4.69) is 14.7 Å². The van der Waals surface area contributed by atoms with E-state index < -0.39 is 72.3 Å². The summed E-state index contributed by atoms with van der Waals surface area (Å²) in [4.78, 5) is 45.8. The molecule has 0 N–H and O–H groups in total. The van der Waals surface area contributed by atoms with Crippen LogP contribution in [0.15, 0.2) is 29.3 Å². The number of alkyl halides is 3. The Morgan fingerprint density at radius 3 is 2.43 bits per heavy atom. The number of benzene rings is 1. The molecule has 0 aliphatic carbocycles. The lowest BCUT2D eigenvalue weighted by Crippen LogP contribution is -2.60. The van der Waals surface area contributed by atoms with E-state index in [1.807, 2.05) is 0 Å². The van der Waals surface area contributed by atoms with Crippen LogP contribution in [0.1, 0.15) is 29.9 Å². The van der Waals surface area contributed by atoms with Crippen molar-refractivity contribution in [3.63, 3.8) is 0 Å². The molecule has 1 aromatic heterocycles. The monoisotopic (exact) mass is 545 g/mol. The third-order valence-electron chi connectivity index (χ3n) is 5.61. The molecule has 0 bridgehead atoms. The second-order valence-electron chi connectivity index (χ2n) is 8.47. The van der Waals surface area contributed by atoms with Gasteiger partial charge in [0.2, 0.25) is 11.9 Å². The number of amides is 1. The molecule has 2 aromatic rings. The van der Waals surface area contributed by atoms with Gasteiger partial charge in [-0.15, -0.1) is 0 Å². The number of nitro groups is 1. The van der Waals surface area contributed by atoms with Crippen molar-refractivity contribution in [2.75, 3.05) is 36.3 Å². The molecule has 0 radical (unpaired) electrons. The number of sulfone groups is 1. The highest BCUT2D eigenvalue weighted by Gasteiger charge is 2.42. The molecule has 1 aliphatic heterocycles. The second kappa shape index (κ2) is 9.91. The van der Waals surface area contributed by atoms with E-state index in [0.29, 0.717) is 6.07 Å². The number of methoxy groups -OCH3 is 1. The van der Waals surface area contributed by atoms with E-state index >= 15 is 0 Å². The highest BCUT2D eigenvalue weighted by atomic mass is 32.2. The molecule has 1 amide bonds. The van der Waals surface area contributed by atoms with E-state index in [-0.39, 0.29) is 19.0 Å². The Hall–Kier alpha value is -3.82. The third-order valence-corrected chi connectivity index (χ3v) is 6.75. The number of ether oxygens (including phenoxy) is 1. The predicted octanol–water partition coefficient (Wildman–Crippen LogP) is 2.47. The average molecular weight is 545 g/mol. The fraction of sp³-hybridized carbons (Fsp3) is 0.429. The zero-order valence-electron chi connectivity index (χ0n) is 20.0. The average Bonchev–Trinajstić information content (AvgIpc) is 2.81. The van der Waals surface area contributed by atoms with Gasteiger partial charge in [-0.25, -0.2) is 23.2 Å². The Labute approximate surface area is 209 Å². The molecule has 3 rings (SSSR count). The van der Waals surface area contributed by atoms with Gasteiger partial charge in [-0.3, -0.25) is 14.9 Å². The third kappa shape index (κ3) is 5.47. The van der Waals surface area contributed by atoms with Crippen LogP contribution in [-0.4, -0.2) is 67.7 Å². The maximum atomic E-state index is 13.6. The lowest BCUT2D eigenvalue weighted by Gasteiger charge is -2.42. The first kappa shape index (κ1) is 27.8. The summed E-state index contributed by atoms with van der Waals surface area (Å²) in [6, 6.07) is 1.12. The van der Waals surface area contributed by atoms with Crippen LogP contribution in [0.25, 0.3) is 0 Å². The van der Waals surface area contributed by atoms with Crippen molar-refractivity contribution < 1.29 is 40.8 Å². The topological polar surface area (TPSA) is 153 Å². The van der Waals surface area contributed by atoms with Crippen LogP contribution >= 0.6 is 0 Å². The standard InChI is InChI=1S/C21H22F3N5O7S/c1-11(2)17-18(30)27(7-8-28(17)20-25-6-5-16(26-20)21(22,23)24)13-10-15(37(4,34)35)12(19(31)36-3)9-14(13)29(32)33/h5-6,9-11,17H,7-8H2,1-4H3/t17-/m1/s1. The number of halogens is 3. The van der Waals surface area contributed by atoms with Gasteiger partial charge in [-0.05, 0) is 18.1 Å². The number of nitrogens with zero attached hydrogens (tertiary/aromatic N) is 5. The maximum absolute atomic E-state index is 13.6. The SMILES string of the molecule is COC(=O)c1cc([N+](=O)[O-])c(N2CCN(c3nccc(C(F)(F)F)n3)[C@H](C(C)C)C2=O)cc1S(C)(=O)=O. The lowest BCUT2D eigenvalue weighted by molar-refractivity contribution is -0.384. The number of nitro benzene ring substituents is 1. The van der Waals surface area contributed by atoms with Crippen molar-refractivity contribution in [2.24, 2.45) is 5.92 Å². The summed E-state index contributed by atoms with van der Waals surface area (Å²) in [5.41, 5.74) is -2.91. The quantitative estimate of drug-likeness (QED) is 0.301. The van der Waals surface area contributed by atoms with Crippen LogP contribution in [-0.2, 0) is 25.5 Å². The minimum absolute atomic E-state index is 0.125. The molecule has 16 heteroatoms. The van der Waals surface area contributed by atoms with Crippen molar-refractivity contribution in [2.45, 2.75) is 31.0 Å². The highest BCUT2D eigenvalue weighted by molar-refractivity contribution is 7.90. The van der Waals surface area contributed by atoms with Crippen LogP contribution < -0.4 is 9.80 Å². The molecule has 0 saturated carbocycles. The van der Waals surface area contributed by atoms with Gasteiger partial charge >= 0.3 is 12.1 Å². The molecule has 1 aliphatic rings. The number of piperazine rings is 1. The van der Waals surface area contributed by atoms with E-state index in [0.717, 1.165) is 36.6 Å². The molecule has 1 aromatic carbocycles. The Bertz CT molecular complexity index is 1360. The van der Waals surface area contributed by atoms with Gasteiger partial charge in [0, 0.05) is 31.6 Å². The number of anilines is 2. The van der Waals surface area contributed by atoms with Gasteiger partial charge < -0.3 is 14.5 Å². The Morgan fingerprint density at radius 1 is 1.27 bits per heavy atom. The van der Waals surface area contributed by atoms with Crippen LogP contribution in [0.3, 0.4) is 0 Å². The van der Waals surface area contributed by atoms with E-state index in [4.69, 9.17) is 0 Å². The number of aromatic nitrogens is 2. The smallest absolute Gasteiger partial charge is 0.433 e. The number of hydrogen-bond acceptors (Lipinski definition) is 10. The fourth-order valence-corrected chi connectivity index (χ4v) is 4.87. The van der Waals surface area contributed by atoms with Gasteiger partial charge in [0.1, 0.15) is 17.4 Å². The first-order chi connectivity index (χ1) is 17.1. The molecule has 0 spiro atoms. The summed E-state index contributed by atoms with van der Waals surface area (Å²) in [6.45, 7) is 2.83. The molecule has 1 saturated heterocycles. The summed E-state index contributed by atoms with van der Waals surface area (Å²) in [5.74, 6) is -2.76. The van der Waals surface area contributed by atoms with Gasteiger partial charge in [-0.2, -0.15) is 13.2 Å². The molecule has 1 atom stereocenters. The van der Waals surface area contributed by atoms with Crippen LogP contribution in [0.4, 0.5) is 30.5 Å². The zero-order chi connectivity index (χ0) is 27.9. The first-order valence-corrected chi connectivity index (χ1v) is 12.6. The van der Waals surface area contributed by atoms with Crippen molar-refractivity contribution in [1.82, 2.24) is 9.97 Å². The summed E-state index contributed by atoms with van der Waals surface area (Å²) in [6.07, 6.45) is -3.05. The summed E-state index contributed by atoms with van der Waals surface area (Å²) >= 11 is 0. The number of rotatable bonds is 6. The molecule has 1 fully saturated rings. The summed E-state index contributed by atoms with van der Waals surface area (Å²) in [7, 11) is -3.14. The van der Waals surface area contributed by atoms with Crippen LogP contribution in [0, 0.1) is 16.0 Å². The molecule has 2 heterocycles. The van der Waals surface area contributed by atoms with Crippen LogP contribution in [0.2, 0.25) is 0 Å². The maximum Gasteiger partial charge on any atom is 0.433 e. The van der Waals surface area contributed by atoms with E-state index in [1.165, 1.54) is 4.90 Å². The fourth-order valence-electron chi connectivity index (χ4n) is 4.00. The van der Waals surface area contributed by atoms with Crippen molar-refractivity contribution in [1.29, 1.82) is 0 Å². The highest BCUT2D eigenvalue weighted by Crippen LogP contribution is 2.37. The number of hydrogen-bond donors (Lipinski definition) is 0. The number of esters is 1. The predicted molar refractivity (Wildman–Crippen MR) is 123 cm³/mol. The normalized spacial score (nSPS) is 16.8. The summed E-state index contributed by atoms with van der Waals surface area (Å²) in [5, 5.41) is 11.9. The van der Waals surface area contributed by atoms with Crippen molar-refractivity contribution >= 4 is 39.0 Å². The van der Waals surface area contributed by atoms with Gasteiger partial charge in [0.05, 0.1) is 22.5 Å². The molecule has 200 valence electrons. The summed E-state index contributed by atoms with van der Waals surface area (Å²) < 4.78 is 68.9. The number of carbonyl (C=O) groups is 2. The molecular formula is C21H22F3N5O7S. The van der Waals surface area contributed by atoms with Gasteiger partial charge in [-0.1, -0.05) is 13.8 Å². The van der Waals surface area contributed by atoms with Gasteiger partial charge in [0.25, 0.3) is 5.69 Å². The lowest BCUT2D eigenvalue weighted by atomic mass is 9.98. The molecule has 12 nitrogen and oxygen atoms in total. The molecule has 0 unspecified atom stereocenters. The minimum atomic E-state index is -4.75. The van der Waals surface area contributed by atoms with E-state index in [1.54, 1.807) is 13.8 Å². The molecular weight excluding hydrogens is 523 g/mol. The Morgan fingerprint density at radius 2 is 1.92 bits per heavy atom. The Kier molecular flexibility index (Phi) is 7.44. The van der Waals surface area contributed by atoms with Gasteiger partial charge in [0.15, 0.2) is 9.84 Å². The van der Waals surface area contributed by atoms with E-state index in [9.17, 15) is 41.3 Å². The van der Waals surface area contributed by atoms with Crippen LogP contribution in [0.5, 0.6) is 0 Å². The Balaban J connectivity index is 2.15. The largest absolute Gasteiger partial charge is 0.465 e. The number of carbonyl (C=O) groups excluding carboxylic acids is 2. The minimum Gasteiger partial charge on any atom is -0.465 e. The molecule has 37 heavy (non-hydrogen) atoms. The second-order valence-corrected chi connectivity index (χ2v) is 10.5. The van der Waals surface area contributed by atoms with Crippen molar-refractivity contribution in [3.05, 3.63) is 45.8 Å².